The molecule has 0 bridgehead atoms. The fourth-order valence-electron chi connectivity index (χ4n) is 4.53. The standard InChI is InChI=1S/C30H34O3/c31-27-17-10-16-26(21-27)29-19-18-28(22-30(29)33-23-25-14-6-2-7-15-25)32-20-9-3-8-13-24-11-4-1-5-12-24/h1-2,4-7,11-12,14-15,18-19,22,26H,3,8-10,13,16-17,20-21,23H2. The Hall–Kier alpha value is -3.07. The normalized spacial score (nSPS) is 15.9. The smallest absolute Gasteiger partial charge is 0.133 e. The summed E-state index contributed by atoms with van der Waals surface area (Å²) in [6, 6.07) is 27.0. The molecule has 1 unspecified atom stereocenters. The zero-order valence-electron chi connectivity index (χ0n) is 19.4. The van der Waals surface area contributed by atoms with Gasteiger partial charge in [0.05, 0.1) is 6.61 Å². The van der Waals surface area contributed by atoms with Gasteiger partial charge in [-0.25, -0.2) is 0 Å². The van der Waals surface area contributed by atoms with Gasteiger partial charge in [0.2, 0.25) is 0 Å². The Morgan fingerprint density at radius 2 is 1.55 bits per heavy atom. The predicted octanol–water partition coefficient (Wildman–Crippen LogP) is 7.28. The minimum Gasteiger partial charge on any atom is -0.493 e. The van der Waals surface area contributed by atoms with Crippen LogP contribution in [0.5, 0.6) is 11.5 Å². The number of Topliss-reactive ketones (excluding diaryl/α,β-unsaturated/α-hetero) is 1. The summed E-state index contributed by atoms with van der Waals surface area (Å²) in [6.45, 7) is 1.21. The average Bonchev–Trinajstić information content (AvgIpc) is 2.86. The van der Waals surface area contributed by atoms with Crippen LogP contribution in [0.2, 0.25) is 0 Å². The zero-order valence-corrected chi connectivity index (χ0v) is 19.4. The molecule has 3 aromatic carbocycles. The lowest BCUT2D eigenvalue weighted by Crippen LogP contribution is -2.14. The summed E-state index contributed by atoms with van der Waals surface area (Å²) in [5.41, 5.74) is 3.66. The largest absolute Gasteiger partial charge is 0.493 e. The van der Waals surface area contributed by atoms with Gasteiger partial charge in [-0.15, -0.1) is 0 Å². The molecular formula is C30H34O3. The Bertz CT molecular complexity index is 998. The lowest BCUT2D eigenvalue weighted by Gasteiger charge is -2.24. The monoisotopic (exact) mass is 442 g/mol. The second-order valence-electron chi connectivity index (χ2n) is 8.95. The van der Waals surface area contributed by atoms with Crippen LogP contribution in [-0.2, 0) is 17.8 Å². The van der Waals surface area contributed by atoms with Crippen molar-refractivity contribution in [1.29, 1.82) is 0 Å². The molecule has 3 nitrogen and oxygen atoms in total. The maximum absolute atomic E-state index is 12.1. The lowest BCUT2D eigenvalue weighted by atomic mass is 9.83. The van der Waals surface area contributed by atoms with Crippen molar-refractivity contribution in [3.05, 3.63) is 95.6 Å². The molecule has 1 aliphatic carbocycles. The number of rotatable bonds is 11. The second kappa shape index (κ2) is 12.2. The molecule has 1 fully saturated rings. The van der Waals surface area contributed by atoms with E-state index in [1.165, 1.54) is 12.0 Å². The van der Waals surface area contributed by atoms with Gasteiger partial charge in [-0.2, -0.15) is 0 Å². The molecule has 4 rings (SSSR count). The highest BCUT2D eigenvalue weighted by Crippen LogP contribution is 2.38. The lowest BCUT2D eigenvalue weighted by molar-refractivity contribution is -0.120. The molecular weight excluding hydrogens is 408 g/mol. The molecule has 33 heavy (non-hydrogen) atoms. The highest BCUT2D eigenvalue weighted by molar-refractivity contribution is 5.80. The molecule has 1 aliphatic rings. The first-order valence-electron chi connectivity index (χ1n) is 12.3. The van der Waals surface area contributed by atoms with Crippen LogP contribution in [-0.4, -0.2) is 12.4 Å². The number of benzene rings is 3. The Labute approximate surface area is 197 Å². The van der Waals surface area contributed by atoms with Gasteiger partial charge in [0.25, 0.3) is 0 Å². The number of ether oxygens (including phenoxy) is 2. The van der Waals surface area contributed by atoms with Crippen molar-refractivity contribution in [3.63, 3.8) is 0 Å². The Morgan fingerprint density at radius 3 is 2.30 bits per heavy atom. The van der Waals surface area contributed by atoms with Crippen molar-refractivity contribution in [2.45, 2.75) is 63.9 Å². The number of carbonyl (C=O) groups excluding carboxylic acids is 1. The quantitative estimate of drug-likeness (QED) is 0.293. The first-order chi connectivity index (χ1) is 16.3. The second-order valence-corrected chi connectivity index (χ2v) is 8.95. The number of unbranched alkanes of at least 4 members (excludes halogenated alkanes) is 2. The van der Waals surface area contributed by atoms with Crippen LogP contribution in [0.4, 0.5) is 0 Å². The molecule has 0 N–H and O–H groups in total. The number of ketones is 1. The summed E-state index contributed by atoms with van der Waals surface area (Å²) in [5, 5.41) is 0. The van der Waals surface area contributed by atoms with Crippen LogP contribution >= 0.6 is 0 Å². The first kappa shape index (κ1) is 23.1. The molecule has 3 heteroatoms. The van der Waals surface area contributed by atoms with Gasteiger partial charge in [-0.05, 0) is 67.2 Å². The summed E-state index contributed by atoms with van der Waals surface area (Å²) >= 11 is 0. The molecule has 1 saturated carbocycles. The van der Waals surface area contributed by atoms with Crippen LogP contribution < -0.4 is 9.47 Å². The summed E-state index contributed by atoms with van der Waals surface area (Å²) in [6.07, 6.45) is 7.80. The third kappa shape index (κ3) is 7.21. The highest BCUT2D eigenvalue weighted by atomic mass is 16.5. The van der Waals surface area contributed by atoms with Crippen molar-refractivity contribution >= 4 is 5.78 Å². The van der Waals surface area contributed by atoms with Gasteiger partial charge in [0, 0.05) is 18.9 Å². The highest BCUT2D eigenvalue weighted by Gasteiger charge is 2.24. The van der Waals surface area contributed by atoms with E-state index in [2.05, 4.69) is 48.5 Å². The van der Waals surface area contributed by atoms with Crippen molar-refractivity contribution < 1.29 is 14.3 Å². The number of aryl methyl sites for hydroxylation is 1. The molecule has 0 heterocycles. The van der Waals surface area contributed by atoms with Crippen molar-refractivity contribution in [2.24, 2.45) is 0 Å². The van der Waals surface area contributed by atoms with E-state index in [1.54, 1.807) is 0 Å². The fourth-order valence-corrected chi connectivity index (χ4v) is 4.53. The number of hydrogen-bond donors (Lipinski definition) is 0. The fraction of sp³-hybridized carbons (Fsp3) is 0.367. The summed E-state index contributed by atoms with van der Waals surface area (Å²) in [4.78, 5) is 12.1. The Kier molecular flexibility index (Phi) is 8.57. The van der Waals surface area contributed by atoms with Crippen LogP contribution in [0, 0.1) is 0 Å². The molecule has 0 amide bonds. The minimum absolute atomic E-state index is 0.240. The predicted molar refractivity (Wildman–Crippen MR) is 133 cm³/mol. The molecule has 0 aliphatic heterocycles. The molecule has 1 atom stereocenters. The van der Waals surface area contributed by atoms with Crippen LogP contribution in [0.1, 0.15) is 67.6 Å². The van der Waals surface area contributed by atoms with E-state index in [-0.39, 0.29) is 5.92 Å². The zero-order chi connectivity index (χ0) is 22.7. The third-order valence-corrected chi connectivity index (χ3v) is 6.37. The van der Waals surface area contributed by atoms with Gasteiger partial charge < -0.3 is 9.47 Å². The van der Waals surface area contributed by atoms with Gasteiger partial charge >= 0.3 is 0 Å². The van der Waals surface area contributed by atoms with Gasteiger partial charge in [0.1, 0.15) is 23.9 Å². The molecule has 3 aromatic rings. The number of hydrogen-bond acceptors (Lipinski definition) is 3. The SMILES string of the molecule is O=C1CCCC(c2ccc(OCCCCCc3ccccc3)cc2OCc2ccccc2)C1. The summed E-state index contributed by atoms with van der Waals surface area (Å²) < 4.78 is 12.3. The van der Waals surface area contributed by atoms with E-state index in [9.17, 15) is 4.79 Å². The molecule has 0 aromatic heterocycles. The average molecular weight is 443 g/mol. The minimum atomic E-state index is 0.240. The third-order valence-electron chi connectivity index (χ3n) is 6.37. The molecule has 0 radical (unpaired) electrons. The van der Waals surface area contributed by atoms with Crippen molar-refractivity contribution in [2.75, 3.05) is 6.61 Å². The number of carbonyl (C=O) groups is 1. The van der Waals surface area contributed by atoms with E-state index in [4.69, 9.17) is 9.47 Å². The Balaban J connectivity index is 1.33. The van der Waals surface area contributed by atoms with Gasteiger partial charge in [0.15, 0.2) is 0 Å². The summed E-state index contributed by atoms with van der Waals surface area (Å²) in [5.74, 6) is 2.28. The van der Waals surface area contributed by atoms with E-state index < -0.39 is 0 Å². The van der Waals surface area contributed by atoms with E-state index in [0.717, 1.165) is 54.7 Å². The van der Waals surface area contributed by atoms with E-state index >= 15 is 0 Å². The van der Waals surface area contributed by atoms with Crippen LogP contribution in [0.25, 0.3) is 0 Å². The maximum Gasteiger partial charge on any atom is 0.133 e. The Morgan fingerprint density at radius 1 is 0.788 bits per heavy atom. The topological polar surface area (TPSA) is 35.5 Å². The van der Waals surface area contributed by atoms with Gasteiger partial charge in [-0.3, -0.25) is 4.79 Å². The first-order valence-corrected chi connectivity index (χ1v) is 12.3. The van der Waals surface area contributed by atoms with E-state index in [0.29, 0.717) is 31.8 Å². The van der Waals surface area contributed by atoms with Crippen LogP contribution in [0.3, 0.4) is 0 Å². The van der Waals surface area contributed by atoms with Crippen LogP contribution in [0.15, 0.2) is 78.9 Å². The van der Waals surface area contributed by atoms with Gasteiger partial charge in [-0.1, -0.05) is 66.7 Å². The molecule has 0 saturated heterocycles. The maximum atomic E-state index is 12.1. The van der Waals surface area contributed by atoms with Crippen molar-refractivity contribution in [3.8, 4) is 11.5 Å². The molecule has 0 spiro atoms. The van der Waals surface area contributed by atoms with Crippen molar-refractivity contribution in [1.82, 2.24) is 0 Å². The molecule has 172 valence electrons. The van der Waals surface area contributed by atoms with E-state index in [1.807, 2.05) is 30.3 Å². The summed E-state index contributed by atoms with van der Waals surface area (Å²) in [7, 11) is 0.